The van der Waals surface area contributed by atoms with E-state index in [0.717, 1.165) is 19.2 Å². The third kappa shape index (κ3) is 5.43. The van der Waals surface area contributed by atoms with Crippen LogP contribution in [0.2, 0.25) is 0 Å². The fourth-order valence-corrected chi connectivity index (χ4v) is 3.38. The largest absolute Gasteiger partial charge is 0.406 e. The maximum atomic E-state index is 13.3. The number of nitrogens with zero attached hydrogens (tertiary/aromatic N) is 1. The lowest BCUT2D eigenvalue weighted by molar-refractivity contribution is -0.138. The molecule has 1 N–H and O–H groups in total. The van der Waals surface area contributed by atoms with E-state index in [9.17, 15) is 30.8 Å². The molecule has 5 nitrogen and oxygen atoms in total. The normalized spacial score (nSPS) is 11.9. The molecule has 10 heteroatoms. The number of aryl methyl sites for hydroxylation is 1. The Morgan fingerprint density at radius 3 is 2.22 bits per heavy atom. The summed E-state index contributed by atoms with van der Waals surface area (Å²) in [5.41, 5.74) is 0.237. The summed E-state index contributed by atoms with van der Waals surface area (Å²) in [6.07, 6.45) is -4.52. The molecule has 0 saturated carbocycles. The van der Waals surface area contributed by atoms with E-state index in [2.05, 4.69) is 4.72 Å². The van der Waals surface area contributed by atoms with Crippen molar-refractivity contribution in [2.24, 2.45) is 0 Å². The molecule has 1 amide bonds. The van der Waals surface area contributed by atoms with Gasteiger partial charge in [-0.25, -0.2) is 12.8 Å². The van der Waals surface area contributed by atoms with Crippen molar-refractivity contribution in [1.82, 2.24) is 4.90 Å². The maximum absolute atomic E-state index is 13.3. The third-order valence-corrected chi connectivity index (χ3v) is 4.97. The Balaban J connectivity index is 2.15. The van der Waals surface area contributed by atoms with Crippen LogP contribution in [-0.2, 0) is 10.0 Å². The van der Waals surface area contributed by atoms with Gasteiger partial charge in [-0.2, -0.15) is 13.2 Å². The highest BCUT2D eigenvalue weighted by atomic mass is 32.2. The van der Waals surface area contributed by atoms with Gasteiger partial charge in [-0.3, -0.25) is 9.52 Å². The quantitative estimate of drug-likeness (QED) is 0.775. The zero-order valence-electron chi connectivity index (χ0n) is 14.3. The number of carbonyl (C=O) groups excluding carboxylic acids is 1. The molecule has 0 atom stereocenters. The van der Waals surface area contributed by atoms with Gasteiger partial charge >= 0.3 is 6.18 Å². The lowest BCUT2D eigenvalue weighted by Gasteiger charge is -2.19. The number of nitrogens with one attached hydrogen (secondary N) is 1. The number of halogens is 4. The summed E-state index contributed by atoms with van der Waals surface area (Å²) in [5.74, 6) is -1.39. The zero-order valence-corrected chi connectivity index (χ0v) is 15.2. The van der Waals surface area contributed by atoms with Crippen molar-refractivity contribution in [2.75, 3.05) is 18.3 Å². The van der Waals surface area contributed by atoms with E-state index in [-0.39, 0.29) is 21.7 Å². The molecule has 0 fully saturated rings. The summed E-state index contributed by atoms with van der Waals surface area (Å²) >= 11 is 0. The Labute approximate surface area is 153 Å². The monoisotopic (exact) mass is 404 g/mol. The maximum Gasteiger partial charge on any atom is 0.406 e. The van der Waals surface area contributed by atoms with Crippen LogP contribution in [0.3, 0.4) is 0 Å². The number of sulfonamides is 1. The van der Waals surface area contributed by atoms with E-state index < -0.39 is 34.5 Å². The van der Waals surface area contributed by atoms with Crippen molar-refractivity contribution in [3.05, 3.63) is 59.4 Å². The number of hydrogen-bond donors (Lipinski definition) is 1. The van der Waals surface area contributed by atoms with Crippen molar-refractivity contribution in [1.29, 1.82) is 0 Å². The van der Waals surface area contributed by atoms with Crippen LogP contribution in [0, 0.1) is 12.7 Å². The van der Waals surface area contributed by atoms with Gasteiger partial charge in [-0.05, 0) is 55.0 Å². The molecule has 146 valence electrons. The minimum absolute atomic E-state index is 0.0256. The summed E-state index contributed by atoms with van der Waals surface area (Å²) in [6.45, 7) is 0.0241. The molecule has 0 aliphatic rings. The van der Waals surface area contributed by atoms with Crippen LogP contribution in [0.15, 0.2) is 47.4 Å². The Morgan fingerprint density at radius 1 is 1.11 bits per heavy atom. The molecule has 0 aromatic heterocycles. The van der Waals surface area contributed by atoms with Crippen molar-refractivity contribution in [3.8, 4) is 0 Å². The third-order valence-electron chi connectivity index (χ3n) is 3.59. The molecule has 2 rings (SSSR count). The van der Waals surface area contributed by atoms with Gasteiger partial charge in [0.05, 0.1) is 4.90 Å². The second kappa shape index (κ2) is 7.55. The van der Waals surface area contributed by atoms with Crippen molar-refractivity contribution in [3.63, 3.8) is 0 Å². The van der Waals surface area contributed by atoms with E-state index in [4.69, 9.17) is 0 Å². The predicted octanol–water partition coefficient (Wildman–Crippen LogP) is 3.57. The first-order valence-corrected chi connectivity index (χ1v) is 9.08. The molecular weight excluding hydrogens is 388 g/mol. The van der Waals surface area contributed by atoms with Crippen LogP contribution in [0.4, 0.5) is 23.2 Å². The second-order valence-corrected chi connectivity index (χ2v) is 7.55. The molecule has 0 saturated heterocycles. The number of benzene rings is 2. The topological polar surface area (TPSA) is 66.5 Å². The number of carbonyl (C=O) groups is 1. The molecular formula is C17H16F4N2O3S. The van der Waals surface area contributed by atoms with Gasteiger partial charge in [0.2, 0.25) is 0 Å². The average molecular weight is 404 g/mol. The van der Waals surface area contributed by atoms with E-state index in [1.165, 1.54) is 37.3 Å². The number of hydrogen-bond acceptors (Lipinski definition) is 3. The van der Waals surface area contributed by atoms with E-state index in [1.54, 1.807) is 0 Å². The Morgan fingerprint density at radius 2 is 1.70 bits per heavy atom. The number of anilines is 1. The molecule has 0 bridgehead atoms. The minimum Gasteiger partial charge on any atom is -0.333 e. The molecule has 27 heavy (non-hydrogen) atoms. The summed E-state index contributed by atoms with van der Waals surface area (Å²) in [4.78, 5) is 12.3. The molecule has 0 aliphatic carbocycles. The lowest BCUT2D eigenvalue weighted by atomic mass is 10.2. The van der Waals surface area contributed by atoms with E-state index in [1.807, 2.05) is 0 Å². The highest BCUT2D eigenvalue weighted by molar-refractivity contribution is 7.92. The smallest absolute Gasteiger partial charge is 0.333 e. The van der Waals surface area contributed by atoms with E-state index >= 15 is 0 Å². The predicted molar refractivity (Wildman–Crippen MR) is 91.4 cm³/mol. The fourth-order valence-electron chi connectivity index (χ4n) is 2.24. The van der Waals surface area contributed by atoms with Crippen LogP contribution in [-0.4, -0.2) is 39.0 Å². The van der Waals surface area contributed by atoms with Gasteiger partial charge in [0.25, 0.3) is 15.9 Å². The number of alkyl halides is 3. The highest BCUT2D eigenvalue weighted by Crippen LogP contribution is 2.20. The first-order chi connectivity index (χ1) is 12.4. The van der Waals surface area contributed by atoms with E-state index in [0.29, 0.717) is 4.90 Å². The van der Waals surface area contributed by atoms with Crippen molar-refractivity contribution < 1.29 is 30.8 Å². The van der Waals surface area contributed by atoms with Crippen LogP contribution >= 0.6 is 0 Å². The Bertz CT molecular complexity index is 942. The standard InChI is InChI=1S/C17H16F4N2O3S/c1-11-9-14(7-8-15(11)18)27(25,26)22-13-5-3-12(4-6-13)16(24)23(2)10-17(19,20)21/h3-9,22H,10H2,1-2H3. The van der Waals surface area contributed by atoms with Crippen LogP contribution in [0.25, 0.3) is 0 Å². The van der Waals surface area contributed by atoms with Gasteiger partial charge in [-0.1, -0.05) is 0 Å². The zero-order chi connectivity index (χ0) is 20.4. The van der Waals surface area contributed by atoms with Gasteiger partial charge in [0, 0.05) is 18.3 Å². The lowest BCUT2D eigenvalue weighted by Crippen LogP contribution is -2.35. The molecule has 0 radical (unpaired) electrons. The van der Waals surface area contributed by atoms with Crippen LogP contribution in [0.1, 0.15) is 15.9 Å². The SMILES string of the molecule is Cc1cc(S(=O)(=O)Nc2ccc(C(=O)N(C)CC(F)(F)F)cc2)ccc1F. The van der Waals surface area contributed by atoms with Gasteiger partial charge < -0.3 is 4.90 Å². The van der Waals surface area contributed by atoms with Gasteiger partial charge in [0.15, 0.2) is 0 Å². The second-order valence-electron chi connectivity index (χ2n) is 5.87. The van der Waals surface area contributed by atoms with Crippen LogP contribution in [0.5, 0.6) is 0 Å². The van der Waals surface area contributed by atoms with Gasteiger partial charge in [-0.15, -0.1) is 0 Å². The Kier molecular flexibility index (Phi) is 5.79. The number of rotatable bonds is 5. The Hall–Kier alpha value is -2.62. The fraction of sp³-hybridized carbons (Fsp3) is 0.235. The first kappa shape index (κ1) is 20.7. The van der Waals surface area contributed by atoms with Crippen molar-refractivity contribution >= 4 is 21.6 Å². The van der Waals surface area contributed by atoms with Crippen molar-refractivity contribution in [2.45, 2.75) is 18.0 Å². The minimum atomic E-state index is -4.52. The summed E-state index contributed by atoms with van der Waals surface area (Å²) in [6, 6.07) is 8.23. The summed E-state index contributed by atoms with van der Waals surface area (Å²) in [5, 5.41) is 0. The molecule has 0 heterocycles. The molecule has 0 spiro atoms. The average Bonchev–Trinajstić information content (AvgIpc) is 2.55. The summed E-state index contributed by atoms with van der Waals surface area (Å²) in [7, 11) is -2.97. The molecule has 2 aromatic rings. The first-order valence-electron chi connectivity index (χ1n) is 7.60. The van der Waals surface area contributed by atoms with Gasteiger partial charge in [0.1, 0.15) is 12.4 Å². The number of amides is 1. The molecule has 0 aliphatic heterocycles. The highest BCUT2D eigenvalue weighted by Gasteiger charge is 2.31. The summed E-state index contributed by atoms with van der Waals surface area (Å²) < 4.78 is 77.2. The molecule has 0 unspecified atom stereocenters. The van der Waals surface area contributed by atoms with Crippen LogP contribution < -0.4 is 4.72 Å². The molecule has 2 aromatic carbocycles.